The van der Waals surface area contributed by atoms with Crippen LogP contribution in [-0.4, -0.2) is 34.7 Å². The molecule has 1 aromatic carbocycles. The predicted molar refractivity (Wildman–Crippen MR) is 73.1 cm³/mol. The molecule has 0 amide bonds. The lowest BCUT2D eigenvalue weighted by atomic mass is 9.90. The number of fused-ring (bicyclic) bond motifs is 1. The van der Waals surface area contributed by atoms with Crippen molar-refractivity contribution in [2.45, 2.75) is 19.9 Å². The number of nitrogens with zero attached hydrogens (tertiary/aromatic N) is 2. The molecule has 1 atom stereocenters. The van der Waals surface area contributed by atoms with Crippen LogP contribution >= 0.6 is 0 Å². The highest BCUT2D eigenvalue weighted by Crippen LogP contribution is 2.29. The van der Waals surface area contributed by atoms with Crippen molar-refractivity contribution in [1.82, 2.24) is 15.1 Å². The van der Waals surface area contributed by atoms with Crippen molar-refractivity contribution in [3.63, 3.8) is 0 Å². The number of aromatic nitrogens is 2. The van der Waals surface area contributed by atoms with Crippen molar-refractivity contribution in [2.75, 3.05) is 19.6 Å². The van der Waals surface area contributed by atoms with Crippen molar-refractivity contribution in [3.8, 4) is 0 Å². The van der Waals surface area contributed by atoms with Crippen molar-refractivity contribution >= 4 is 10.9 Å². The van der Waals surface area contributed by atoms with Gasteiger partial charge in [0.2, 0.25) is 0 Å². The van der Waals surface area contributed by atoms with Crippen LogP contribution in [0.4, 0.5) is 0 Å². The Hall–Kier alpha value is -1.39. The minimum Gasteiger partial charge on any atom is -0.330 e. The largest absolute Gasteiger partial charge is 0.330 e. The molecule has 1 aliphatic heterocycles. The standard InChI is InChI=1S/C14H20N4/c1-14(9-15)4-5-18(10-14)8-11-2-3-12-7-16-17-13(12)6-11/h2-3,6-7H,4-5,8-10,15H2,1H3,(H,16,17). The Morgan fingerprint density at radius 2 is 2.39 bits per heavy atom. The van der Waals surface area contributed by atoms with E-state index < -0.39 is 0 Å². The van der Waals surface area contributed by atoms with E-state index in [9.17, 15) is 0 Å². The molecule has 0 bridgehead atoms. The Morgan fingerprint density at radius 3 is 3.17 bits per heavy atom. The Kier molecular flexibility index (Phi) is 2.84. The smallest absolute Gasteiger partial charge is 0.0653 e. The van der Waals surface area contributed by atoms with Gasteiger partial charge in [0, 0.05) is 18.5 Å². The third-order valence-corrected chi connectivity index (χ3v) is 4.04. The average molecular weight is 244 g/mol. The lowest BCUT2D eigenvalue weighted by Crippen LogP contribution is -2.31. The first-order valence-corrected chi connectivity index (χ1v) is 6.53. The molecule has 2 heterocycles. The van der Waals surface area contributed by atoms with Crippen LogP contribution in [0, 0.1) is 5.41 Å². The molecule has 3 N–H and O–H groups in total. The molecule has 18 heavy (non-hydrogen) atoms. The van der Waals surface area contributed by atoms with Crippen LogP contribution in [0.1, 0.15) is 18.9 Å². The van der Waals surface area contributed by atoms with E-state index in [1.54, 1.807) is 0 Å². The maximum Gasteiger partial charge on any atom is 0.0653 e. The quantitative estimate of drug-likeness (QED) is 0.864. The molecular weight excluding hydrogens is 224 g/mol. The molecule has 0 radical (unpaired) electrons. The van der Waals surface area contributed by atoms with Crippen molar-refractivity contribution in [1.29, 1.82) is 0 Å². The monoisotopic (exact) mass is 244 g/mol. The van der Waals surface area contributed by atoms with Gasteiger partial charge in [0.1, 0.15) is 0 Å². The molecule has 4 nitrogen and oxygen atoms in total. The lowest BCUT2D eigenvalue weighted by molar-refractivity contribution is 0.274. The SMILES string of the molecule is CC1(CN)CCN(Cc2ccc3cn[nH]c3c2)C1. The molecule has 0 aliphatic carbocycles. The highest BCUT2D eigenvalue weighted by molar-refractivity contribution is 5.78. The molecule has 2 aromatic rings. The summed E-state index contributed by atoms with van der Waals surface area (Å²) in [5, 5.41) is 8.25. The van der Waals surface area contributed by atoms with Crippen LogP contribution < -0.4 is 5.73 Å². The molecule has 1 aromatic heterocycles. The fourth-order valence-corrected chi connectivity index (χ4v) is 2.77. The first kappa shape index (κ1) is 11.7. The van der Waals surface area contributed by atoms with Gasteiger partial charge in [0.25, 0.3) is 0 Å². The number of hydrogen-bond acceptors (Lipinski definition) is 3. The summed E-state index contributed by atoms with van der Waals surface area (Å²) in [4.78, 5) is 2.49. The fraction of sp³-hybridized carbons (Fsp3) is 0.500. The highest BCUT2D eigenvalue weighted by atomic mass is 15.2. The van der Waals surface area contributed by atoms with Gasteiger partial charge < -0.3 is 5.73 Å². The van der Waals surface area contributed by atoms with Crippen LogP contribution in [0.15, 0.2) is 24.4 Å². The number of benzene rings is 1. The maximum absolute atomic E-state index is 5.84. The maximum atomic E-state index is 5.84. The summed E-state index contributed by atoms with van der Waals surface area (Å²) in [6.07, 6.45) is 3.07. The Morgan fingerprint density at radius 1 is 1.50 bits per heavy atom. The van der Waals surface area contributed by atoms with Gasteiger partial charge >= 0.3 is 0 Å². The van der Waals surface area contributed by atoms with Gasteiger partial charge in [-0.05, 0) is 36.6 Å². The molecule has 1 saturated heterocycles. The molecule has 96 valence electrons. The third kappa shape index (κ3) is 2.13. The van der Waals surface area contributed by atoms with Gasteiger partial charge in [-0.3, -0.25) is 10.00 Å². The van der Waals surface area contributed by atoms with E-state index in [-0.39, 0.29) is 0 Å². The second-order valence-corrected chi connectivity index (χ2v) is 5.77. The van der Waals surface area contributed by atoms with E-state index >= 15 is 0 Å². The average Bonchev–Trinajstić information content (AvgIpc) is 2.96. The summed E-state index contributed by atoms with van der Waals surface area (Å²) in [5.74, 6) is 0. The summed E-state index contributed by atoms with van der Waals surface area (Å²) in [6, 6.07) is 6.52. The van der Waals surface area contributed by atoms with Crippen LogP contribution in [-0.2, 0) is 6.54 Å². The van der Waals surface area contributed by atoms with Crippen LogP contribution in [0.25, 0.3) is 10.9 Å². The van der Waals surface area contributed by atoms with Crippen LogP contribution in [0.5, 0.6) is 0 Å². The first-order chi connectivity index (χ1) is 8.68. The molecule has 0 spiro atoms. The zero-order chi connectivity index (χ0) is 12.6. The Labute approximate surface area is 107 Å². The number of rotatable bonds is 3. The molecule has 1 fully saturated rings. The van der Waals surface area contributed by atoms with Crippen molar-refractivity contribution in [3.05, 3.63) is 30.0 Å². The van der Waals surface area contributed by atoms with Gasteiger partial charge in [-0.2, -0.15) is 5.10 Å². The predicted octanol–water partition coefficient (Wildman–Crippen LogP) is 1.73. The number of aromatic amines is 1. The van der Waals surface area contributed by atoms with Crippen molar-refractivity contribution in [2.24, 2.45) is 11.1 Å². The Bertz CT molecular complexity index is 547. The number of H-pyrrole nitrogens is 1. The van der Waals surface area contributed by atoms with Gasteiger partial charge in [0.15, 0.2) is 0 Å². The number of likely N-dealkylation sites (tertiary alicyclic amines) is 1. The van der Waals surface area contributed by atoms with E-state index in [0.29, 0.717) is 5.41 Å². The number of nitrogens with two attached hydrogens (primary N) is 1. The summed E-state index contributed by atoms with van der Waals surface area (Å²) in [7, 11) is 0. The van der Waals surface area contributed by atoms with E-state index in [2.05, 4.69) is 40.2 Å². The fourth-order valence-electron chi connectivity index (χ4n) is 2.77. The van der Waals surface area contributed by atoms with E-state index in [0.717, 1.165) is 31.7 Å². The molecular formula is C14H20N4. The summed E-state index contributed by atoms with van der Waals surface area (Å²) >= 11 is 0. The number of nitrogens with one attached hydrogen (secondary N) is 1. The number of hydrogen-bond donors (Lipinski definition) is 2. The van der Waals surface area contributed by atoms with Gasteiger partial charge in [-0.1, -0.05) is 19.1 Å². The lowest BCUT2D eigenvalue weighted by Gasteiger charge is -2.22. The van der Waals surface area contributed by atoms with Crippen LogP contribution in [0.3, 0.4) is 0 Å². The zero-order valence-electron chi connectivity index (χ0n) is 10.8. The van der Waals surface area contributed by atoms with E-state index in [1.165, 1.54) is 17.4 Å². The van der Waals surface area contributed by atoms with Gasteiger partial charge in [-0.15, -0.1) is 0 Å². The summed E-state index contributed by atoms with van der Waals surface area (Å²) < 4.78 is 0. The second kappa shape index (κ2) is 4.37. The van der Waals surface area contributed by atoms with Gasteiger partial charge in [-0.25, -0.2) is 0 Å². The van der Waals surface area contributed by atoms with Gasteiger partial charge in [0.05, 0.1) is 11.7 Å². The minimum absolute atomic E-state index is 0.304. The summed E-state index contributed by atoms with van der Waals surface area (Å²) in [5.41, 5.74) is 8.61. The normalized spacial score (nSPS) is 25.0. The molecule has 3 rings (SSSR count). The first-order valence-electron chi connectivity index (χ1n) is 6.53. The topological polar surface area (TPSA) is 57.9 Å². The van der Waals surface area contributed by atoms with E-state index in [1.807, 2.05) is 6.20 Å². The van der Waals surface area contributed by atoms with E-state index in [4.69, 9.17) is 5.73 Å². The zero-order valence-corrected chi connectivity index (χ0v) is 10.8. The molecule has 1 unspecified atom stereocenters. The Balaban J connectivity index is 1.73. The van der Waals surface area contributed by atoms with Crippen molar-refractivity contribution < 1.29 is 0 Å². The molecule has 1 aliphatic rings. The molecule has 4 heteroatoms. The minimum atomic E-state index is 0.304. The molecule has 0 saturated carbocycles. The highest BCUT2D eigenvalue weighted by Gasteiger charge is 2.32. The third-order valence-electron chi connectivity index (χ3n) is 4.04. The second-order valence-electron chi connectivity index (χ2n) is 5.77. The summed E-state index contributed by atoms with van der Waals surface area (Å²) in [6.45, 7) is 6.32. The van der Waals surface area contributed by atoms with Crippen LogP contribution in [0.2, 0.25) is 0 Å².